The molecule has 0 unspecified atom stereocenters. The molecule has 0 radical (unpaired) electrons. The summed E-state index contributed by atoms with van der Waals surface area (Å²) < 4.78 is 0. The first-order chi connectivity index (χ1) is 7.00. The van der Waals surface area contributed by atoms with Crippen LogP contribution in [0.5, 0.6) is 0 Å². The van der Waals surface area contributed by atoms with Gasteiger partial charge in [-0.05, 0) is 51.0 Å². The van der Waals surface area contributed by atoms with E-state index < -0.39 is 0 Å². The zero-order chi connectivity index (χ0) is 11.2. The molecule has 0 aliphatic heterocycles. The summed E-state index contributed by atoms with van der Waals surface area (Å²) in [6, 6.07) is 4.01. The molecule has 0 bridgehead atoms. The molecule has 1 aromatic carbocycles. The molecule has 2 aromatic rings. The fraction of sp³-hybridized carbons (Fsp3) is 0.308. The summed E-state index contributed by atoms with van der Waals surface area (Å²) in [5, 5.41) is 0.793. The summed E-state index contributed by atoms with van der Waals surface area (Å²) in [4.78, 5) is 15.3. The van der Waals surface area contributed by atoms with E-state index in [1.165, 1.54) is 5.56 Å². The number of aromatic nitrogens is 1. The molecule has 0 saturated carbocycles. The predicted molar refractivity (Wildman–Crippen MR) is 63.5 cm³/mol. The molecule has 0 aliphatic carbocycles. The summed E-state index contributed by atoms with van der Waals surface area (Å²) in [6.45, 7) is 7.89. The minimum absolute atomic E-state index is 0.143. The second-order valence-corrected chi connectivity index (χ2v) is 4.19. The number of hydrogen-bond acceptors (Lipinski definition) is 1. The molecule has 78 valence electrons. The van der Waals surface area contributed by atoms with Crippen molar-refractivity contribution in [1.29, 1.82) is 0 Å². The van der Waals surface area contributed by atoms with Crippen LogP contribution in [0.1, 0.15) is 22.4 Å². The summed E-state index contributed by atoms with van der Waals surface area (Å²) in [6.07, 6.45) is 0. The number of aryl methyl sites for hydroxylation is 3. The summed E-state index contributed by atoms with van der Waals surface area (Å²) in [7, 11) is 0. The lowest BCUT2D eigenvalue weighted by atomic mass is 10.0. The molecule has 2 rings (SSSR count). The molecular formula is C13H15NO. The SMILES string of the molecule is Cc1cc2[nH]c(C)c(C)c(=O)c2cc1C. The zero-order valence-corrected chi connectivity index (χ0v) is 9.56. The van der Waals surface area contributed by atoms with Crippen molar-refractivity contribution in [3.63, 3.8) is 0 Å². The highest BCUT2D eigenvalue weighted by Crippen LogP contribution is 2.16. The second-order valence-electron chi connectivity index (χ2n) is 4.19. The molecule has 1 heterocycles. The van der Waals surface area contributed by atoms with Crippen LogP contribution >= 0.6 is 0 Å². The number of aromatic amines is 1. The Balaban J connectivity index is 3.00. The van der Waals surface area contributed by atoms with Crippen LogP contribution in [0, 0.1) is 27.7 Å². The van der Waals surface area contributed by atoms with E-state index >= 15 is 0 Å². The molecule has 2 heteroatoms. The second kappa shape index (κ2) is 3.23. The van der Waals surface area contributed by atoms with Gasteiger partial charge in [-0.25, -0.2) is 0 Å². The Morgan fingerprint density at radius 3 is 2.27 bits per heavy atom. The maximum Gasteiger partial charge on any atom is 0.192 e. The summed E-state index contributed by atoms with van der Waals surface area (Å²) in [5.74, 6) is 0. The van der Waals surface area contributed by atoms with E-state index in [1.807, 2.05) is 32.9 Å². The third-order valence-electron chi connectivity index (χ3n) is 3.10. The Hall–Kier alpha value is -1.57. The lowest BCUT2D eigenvalue weighted by Gasteiger charge is -2.07. The van der Waals surface area contributed by atoms with Crippen LogP contribution in [-0.4, -0.2) is 4.98 Å². The largest absolute Gasteiger partial charge is 0.358 e. The Labute approximate surface area is 89.0 Å². The summed E-state index contributed by atoms with van der Waals surface area (Å²) in [5.41, 5.74) is 5.22. The smallest absolute Gasteiger partial charge is 0.192 e. The van der Waals surface area contributed by atoms with Gasteiger partial charge in [0.1, 0.15) is 0 Å². The van der Waals surface area contributed by atoms with Crippen LogP contribution in [0.2, 0.25) is 0 Å². The Morgan fingerprint density at radius 1 is 1.00 bits per heavy atom. The monoisotopic (exact) mass is 201 g/mol. The van der Waals surface area contributed by atoms with Crippen molar-refractivity contribution in [3.05, 3.63) is 44.7 Å². The number of nitrogens with one attached hydrogen (secondary N) is 1. The fourth-order valence-electron chi connectivity index (χ4n) is 1.78. The molecule has 0 aliphatic rings. The first-order valence-corrected chi connectivity index (χ1v) is 5.11. The number of pyridine rings is 1. The van der Waals surface area contributed by atoms with Gasteiger partial charge in [0, 0.05) is 22.2 Å². The van der Waals surface area contributed by atoms with Gasteiger partial charge in [-0.15, -0.1) is 0 Å². The molecule has 1 N–H and O–H groups in total. The lowest BCUT2D eigenvalue weighted by molar-refractivity contribution is 1.17. The number of benzene rings is 1. The van der Waals surface area contributed by atoms with E-state index in [1.54, 1.807) is 0 Å². The van der Waals surface area contributed by atoms with E-state index in [-0.39, 0.29) is 5.43 Å². The van der Waals surface area contributed by atoms with Gasteiger partial charge >= 0.3 is 0 Å². The van der Waals surface area contributed by atoms with Gasteiger partial charge in [0.2, 0.25) is 0 Å². The van der Waals surface area contributed by atoms with Gasteiger partial charge in [0.15, 0.2) is 5.43 Å². The van der Waals surface area contributed by atoms with Gasteiger partial charge < -0.3 is 4.98 Å². The van der Waals surface area contributed by atoms with Crippen LogP contribution in [0.3, 0.4) is 0 Å². The van der Waals surface area contributed by atoms with Gasteiger partial charge in [0.05, 0.1) is 0 Å². The van der Waals surface area contributed by atoms with E-state index in [0.717, 1.165) is 27.7 Å². The van der Waals surface area contributed by atoms with Gasteiger partial charge in [-0.2, -0.15) is 0 Å². The van der Waals surface area contributed by atoms with E-state index in [9.17, 15) is 4.79 Å². The minimum atomic E-state index is 0.143. The molecule has 2 nitrogen and oxygen atoms in total. The third kappa shape index (κ3) is 1.46. The van der Waals surface area contributed by atoms with Crippen LogP contribution < -0.4 is 5.43 Å². The quantitative estimate of drug-likeness (QED) is 0.698. The van der Waals surface area contributed by atoms with Crippen molar-refractivity contribution in [2.75, 3.05) is 0 Å². The van der Waals surface area contributed by atoms with Crippen LogP contribution in [0.15, 0.2) is 16.9 Å². The average Bonchev–Trinajstić information content (AvgIpc) is 2.19. The first kappa shape index (κ1) is 9.97. The van der Waals surface area contributed by atoms with Crippen LogP contribution in [0.25, 0.3) is 10.9 Å². The van der Waals surface area contributed by atoms with Crippen LogP contribution in [0.4, 0.5) is 0 Å². The normalized spacial score (nSPS) is 10.9. The molecule has 0 atom stereocenters. The van der Waals surface area contributed by atoms with Crippen molar-refractivity contribution in [2.24, 2.45) is 0 Å². The van der Waals surface area contributed by atoms with Gasteiger partial charge in [-0.1, -0.05) is 0 Å². The molecule has 15 heavy (non-hydrogen) atoms. The minimum Gasteiger partial charge on any atom is -0.358 e. The number of rotatable bonds is 0. The molecule has 0 spiro atoms. The Bertz CT molecular complexity index is 588. The molecule has 1 aromatic heterocycles. The standard InChI is InChI=1S/C13H15NO/c1-7-5-11-12(6-8(7)2)14-10(4)9(3)13(11)15/h5-6H,1-4H3,(H,14,15). The van der Waals surface area contributed by atoms with E-state index in [4.69, 9.17) is 0 Å². The van der Waals surface area contributed by atoms with Crippen molar-refractivity contribution in [3.8, 4) is 0 Å². The number of H-pyrrole nitrogens is 1. The fourth-order valence-corrected chi connectivity index (χ4v) is 1.78. The first-order valence-electron chi connectivity index (χ1n) is 5.11. The molecule has 0 fully saturated rings. The highest BCUT2D eigenvalue weighted by atomic mass is 16.1. The zero-order valence-electron chi connectivity index (χ0n) is 9.56. The lowest BCUT2D eigenvalue weighted by Crippen LogP contribution is -2.10. The Morgan fingerprint density at radius 2 is 1.60 bits per heavy atom. The molecular weight excluding hydrogens is 186 g/mol. The van der Waals surface area contributed by atoms with E-state index in [2.05, 4.69) is 11.9 Å². The van der Waals surface area contributed by atoms with Crippen molar-refractivity contribution >= 4 is 10.9 Å². The van der Waals surface area contributed by atoms with Gasteiger partial charge in [-0.3, -0.25) is 4.79 Å². The molecule has 0 saturated heterocycles. The summed E-state index contributed by atoms with van der Waals surface area (Å²) >= 11 is 0. The highest BCUT2D eigenvalue weighted by molar-refractivity contribution is 5.81. The molecule has 0 amide bonds. The van der Waals surface area contributed by atoms with Crippen molar-refractivity contribution in [1.82, 2.24) is 4.98 Å². The maximum absolute atomic E-state index is 12.0. The van der Waals surface area contributed by atoms with Crippen molar-refractivity contribution < 1.29 is 0 Å². The van der Waals surface area contributed by atoms with Gasteiger partial charge in [0.25, 0.3) is 0 Å². The third-order valence-corrected chi connectivity index (χ3v) is 3.10. The predicted octanol–water partition coefficient (Wildman–Crippen LogP) is 2.76. The number of fused-ring (bicyclic) bond motifs is 1. The van der Waals surface area contributed by atoms with E-state index in [0.29, 0.717) is 0 Å². The maximum atomic E-state index is 12.0. The average molecular weight is 201 g/mol. The Kier molecular flexibility index (Phi) is 2.14. The highest BCUT2D eigenvalue weighted by Gasteiger charge is 2.06. The number of hydrogen-bond donors (Lipinski definition) is 1. The van der Waals surface area contributed by atoms with Crippen molar-refractivity contribution in [2.45, 2.75) is 27.7 Å². The topological polar surface area (TPSA) is 32.9 Å². The van der Waals surface area contributed by atoms with Crippen LogP contribution in [-0.2, 0) is 0 Å².